The van der Waals surface area contributed by atoms with Crippen LogP contribution in [0.5, 0.6) is 0 Å². The van der Waals surface area contributed by atoms with Crippen molar-refractivity contribution in [3.63, 3.8) is 0 Å². The fraction of sp³-hybridized carbons (Fsp3) is 0.163. The van der Waals surface area contributed by atoms with Gasteiger partial charge in [-0.2, -0.15) is 0 Å². The molecule has 0 aliphatic rings. The predicted octanol–water partition coefficient (Wildman–Crippen LogP) is 12.2. The topological polar surface area (TPSA) is 17.0 Å². The second kappa shape index (κ2) is 14.2. The summed E-state index contributed by atoms with van der Waals surface area (Å²) in [5, 5.41) is 6.35. The Morgan fingerprint density at radius 3 is 2.23 bits per heavy atom. The zero-order chi connectivity index (χ0) is 33.0. The molecule has 236 valence electrons. The highest BCUT2D eigenvalue weighted by atomic mass is 32.1. The van der Waals surface area contributed by atoms with Crippen molar-refractivity contribution in [3.8, 4) is 11.1 Å². The van der Waals surface area contributed by atoms with E-state index in [4.69, 9.17) is 12.6 Å². The lowest BCUT2D eigenvalue weighted by atomic mass is 9.95. The number of benzene rings is 5. The van der Waals surface area contributed by atoms with E-state index in [1.807, 2.05) is 24.3 Å². The van der Waals surface area contributed by atoms with Crippen molar-refractivity contribution in [2.45, 2.75) is 54.9 Å². The Morgan fingerprint density at radius 2 is 1.47 bits per heavy atom. The van der Waals surface area contributed by atoms with Crippen molar-refractivity contribution in [1.29, 1.82) is 0 Å². The smallest absolute Gasteiger partial charge is 0.0496 e. The number of aromatic nitrogens is 1. The monoisotopic (exact) mass is 650 g/mol. The number of thiol groups is 2. The van der Waals surface area contributed by atoms with Gasteiger partial charge in [0.05, 0.1) is 0 Å². The largest absolute Gasteiger partial charge is 0.358 e. The molecule has 4 heteroatoms. The molecule has 0 saturated carbocycles. The van der Waals surface area contributed by atoms with Gasteiger partial charge in [-0.05, 0) is 80.3 Å². The highest BCUT2D eigenvalue weighted by Gasteiger charge is 2.21. The molecule has 0 bridgehead atoms. The minimum atomic E-state index is -0.0422. The molecule has 47 heavy (non-hydrogen) atoms. The summed E-state index contributed by atoms with van der Waals surface area (Å²) in [5.74, 6) is 0.0188. The van der Waals surface area contributed by atoms with Gasteiger partial charge in [0.1, 0.15) is 0 Å². The van der Waals surface area contributed by atoms with Crippen molar-refractivity contribution < 1.29 is 0 Å². The molecule has 1 aromatic heterocycles. The molecule has 6 aromatic rings. The molecule has 0 saturated heterocycles. The number of fused-ring (bicyclic) bond motifs is 3. The maximum absolute atomic E-state index is 4.84. The van der Waals surface area contributed by atoms with E-state index in [2.05, 4.69) is 165 Å². The van der Waals surface area contributed by atoms with Gasteiger partial charge < -0.3 is 9.88 Å². The van der Waals surface area contributed by atoms with Crippen molar-refractivity contribution >= 4 is 52.8 Å². The average molecular weight is 651 g/mol. The van der Waals surface area contributed by atoms with Gasteiger partial charge in [-0.3, -0.25) is 0 Å². The molecule has 0 aliphatic carbocycles. The number of rotatable bonds is 10. The van der Waals surface area contributed by atoms with Gasteiger partial charge in [0, 0.05) is 66.4 Å². The normalized spacial score (nSPS) is 13.0. The Hall–Kier alpha value is -4.38. The first kappa shape index (κ1) is 32.6. The first-order chi connectivity index (χ1) is 22.7. The minimum absolute atomic E-state index is 0.0188. The Labute approximate surface area is 290 Å². The predicted molar refractivity (Wildman–Crippen MR) is 209 cm³/mol. The second-order valence-corrected chi connectivity index (χ2v) is 13.9. The third-order valence-electron chi connectivity index (χ3n) is 8.59. The van der Waals surface area contributed by atoms with Crippen LogP contribution in [0.1, 0.15) is 44.2 Å². The van der Waals surface area contributed by atoms with Crippen molar-refractivity contribution in [2.75, 3.05) is 5.32 Å². The van der Waals surface area contributed by atoms with Crippen LogP contribution in [0.4, 0.5) is 5.69 Å². The van der Waals surface area contributed by atoms with Gasteiger partial charge in [0.15, 0.2) is 0 Å². The van der Waals surface area contributed by atoms with E-state index in [1.165, 1.54) is 32.9 Å². The highest BCUT2D eigenvalue weighted by molar-refractivity contribution is 7.80. The molecule has 0 amide bonds. The Kier molecular flexibility index (Phi) is 9.81. The molecule has 5 aromatic carbocycles. The van der Waals surface area contributed by atoms with Crippen LogP contribution in [0.25, 0.3) is 32.9 Å². The summed E-state index contributed by atoms with van der Waals surface area (Å²) in [7, 11) is 0. The van der Waals surface area contributed by atoms with E-state index in [0.717, 1.165) is 38.7 Å². The summed E-state index contributed by atoms with van der Waals surface area (Å²) in [4.78, 5) is 1.97. The van der Waals surface area contributed by atoms with Crippen molar-refractivity contribution in [2.24, 2.45) is 0 Å². The molecule has 0 spiro atoms. The maximum atomic E-state index is 4.84. The number of nitrogens with one attached hydrogen (secondary N) is 1. The molecule has 6 rings (SSSR count). The van der Waals surface area contributed by atoms with E-state index in [0.29, 0.717) is 6.42 Å². The maximum Gasteiger partial charge on any atom is 0.0496 e. The lowest BCUT2D eigenvalue weighted by Gasteiger charge is -2.24. The van der Waals surface area contributed by atoms with Crippen LogP contribution in [0, 0.1) is 0 Å². The third kappa shape index (κ3) is 7.15. The van der Waals surface area contributed by atoms with E-state index in [1.54, 1.807) is 0 Å². The zero-order valence-electron chi connectivity index (χ0n) is 27.3. The molecule has 1 atom stereocenters. The highest BCUT2D eigenvalue weighted by Crippen LogP contribution is 2.38. The average Bonchev–Trinajstić information content (AvgIpc) is 3.40. The zero-order valence-corrected chi connectivity index (χ0v) is 29.1. The summed E-state index contributed by atoms with van der Waals surface area (Å²) in [5.41, 5.74) is 9.31. The first-order valence-electron chi connectivity index (χ1n) is 16.2. The molecule has 0 radical (unpaired) electrons. The van der Waals surface area contributed by atoms with E-state index in [9.17, 15) is 0 Å². The van der Waals surface area contributed by atoms with Crippen molar-refractivity contribution in [3.05, 3.63) is 163 Å². The van der Waals surface area contributed by atoms with Crippen LogP contribution < -0.4 is 5.32 Å². The molecule has 0 fully saturated rings. The fourth-order valence-corrected chi connectivity index (χ4v) is 7.02. The number of allylic oxidation sites excluding steroid dienone is 4. The van der Waals surface area contributed by atoms with Crippen LogP contribution in [0.15, 0.2) is 162 Å². The molecule has 0 aliphatic heterocycles. The number of para-hydroxylation sites is 2. The summed E-state index contributed by atoms with van der Waals surface area (Å²) in [6.07, 6.45) is 10.3. The van der Waals surface area contributed by atoms with E-state index in [-0.39, 0.29) is 11.5 Å². The third-order valence-corrected chi connectivity index (χ3v) is 9.43. The number of hydrogen-bond donors (Lipinski definition) is 3. The first-order valence-corrected chi connectivity index (χ1v) is 17.1. The molecule has 1 heterocycles. The molecular formula is C43H42N2S2. The van der Waals surface area contributed by atoms with Crippen molar-refractivity contribution in [1.82, 2.24) is 4.57 Å². The Balaban J connectivity index is 1.39. The Bertz CT molecular complexity index is 2110. The minimum Gasteiger partial charge on any atom is -0.358 e. The number of nitrogens with zero attached hydrogens (tertiary/aromatic N) is 1. The number of anilines is 1. The van der Waals surface area contributed by atoms with Gasteiger partial charge in [-0.25, -0.2) is 0 Å². The van der Waals surface area contributed by atoms with Crippen LogP contribution in [0.2, 0.25) is 0 Å². The van der Waals surface area contributed by atoms with Gasteiger partial charge in [0.2, 0.25) is 0 Å². The number of hydrogen-bond acceptors (Lipinski definition) is 3. The fourth-order valence-electron chi connectivity index (χ4n) is 6.46. The summed E-state index contributed by atoms with van der Waals surface area (Å²) >= 11 is 9.50. The van der Waals surface area contributed by atoms with E-state index >= 15 is 0 Å². The molecule has 1 N–H and O–H groups in total. The van der Waals surface area contributed by atoms with Gasteiger partial charge in [-0.15, -0.1) is 31.8 Å². The second-order valence-electron chi connectivity index (χ2n) is 13.0. The summed E-state index contributed by atoms with van der Waals surface area (Å²) in [6, 6.07) is 40.7. The molecule has 2 nitrogen and oxygen atoms in total. The SMILES string of the molecule is C=CC/C(=C/C(/C=C\Cc1ccccc1S)c1ccccc1S)Nc1ccccc1-c1ccc2c(c1)c1ccccc1n2C(C)(C)C. The van der Waals surface area contributed by atoms with Crippen LogP contribution in [-0.4, -0.2) is 4.57 Å². The summed E-state index contributed by atoms with van der Waals surface area (Å²) < 4.78 is 2.46. The molecule has 1 unspecified atom stereocenters. The van der Waals surface area contributed by atoms with Crippen LogP contribution >= 0.6 is 25.3 Å². The van der Waals surface area contributed by atoms with Crippen LogP contribution in [-0.2, 0) is 12.0 Å². The van der Waals surface area contributed by atoms with Gasteiger partial charge in [-0.1, -0.05) is 103 Å². The molecular weight excluding hydrogens is 609 g/mol. The van der Waals surface area contributed by atoms with Gasteiger partial charge in [0.25, 0.3) is 0 Å². The van der Waals surface area contributed by atoms with Gasteiger partial charge >= 0.3 is 0 Å². The van der Waals surface area contributed by atoms with Crippen LogP contribution in [0.3, 0.4) is 0 Å². The lowest BCUT2D eigenvalue weighted by molar-refractivity contribution is 0.423. The standard InChI is InChI=1S/C43H42N2S2/c1-5-15-33(28-31(35-20-9-13-25-42(35)47)18-14-17-30-16-6-12-24-41(30)46)44-38-22-10-7-19-34(38)32-26-27-40-37(29-32)36-21-8-11-23-39(36)45(40)43(2,3)4/h5-14,16,18-29,31,44,46-47H,1,15,17H2,2-4H3/b18-14-,33-28-. The Morgan fingerprint density at radius 1 is 0.787 bits per heavy atom. The lowest BCUT2D eigenvalue weighted by Crippen LogP contribution is -2.21. The van der Waals surface area contributed by atoms with E-state index < -0.39 is 0 Å². The quantitative estimate of drug-likeness (QED) is 0.0993. The summed E-state index contributed by atoms with van der Waals surface area (Å²) in [6.45, 7) is 10.9.